The fraction of sp³-hybridized carbons (Fsp3) is 0.231. The molecule has 0 saturated heterocycles. The van der Waals surface area contributed by atoms with Crippen LogP contribution in [0.4, 0.5) is 11.8 Å². The molecular weight excluding hydrogens is 290 g/mol. The van der Waals surface area contributed by atoms with E-state index < -0.39 is 0 Å². The number of hydrogen-bond acceptors (Lipinski definition) is 7. The van der Waals surface area contributed by atoms with Crippen LogP contribution in [0.3, 0.4) is 0 Å². The summed E-state index contributed by atoms with van der Waals surface area (Å²) < 4.78 is 0. The van der Waals surface area contributed by atoms with Gasteiger partial charge in [0.1, 0.15) is 10.6 Å². The maximum absolute atomic E-state index is 5.47. The molecular formula is C13H15N5S2. The molecule has 3 aromatic rings. The van der Waals surface area contributed by atoms with Crippen molar-refractivity contribution in [2.75, 3.05) is 17.4 Å². The predicted molar refractivity (Wildman–Crippen MR) is 86.4 cm³/mol. The first-order valence-corrected chi connectivity index (χ1v) is 7.90. The highest BCUT2D eigenvalue weighted by molar-refractivity contribution is 7.18. The molecule has 0 amide bonds. The van der Waals surface area contributed by atoms with E-state index in [0.29, 0.717) is 5.95 Å². The van der Waals surface area contributed by atoms with Crippen molar-refractivity contribution >= 4 is 44.7 Å². The van der Waals surface area contributed by atoms with Crippen LogP contribution < -0.4 is 16.2 Å². The second-order valence-corrected chi connectivity index (χ2v) is 6.59. The van der Waals surface area contributed by atoms with Gasteiger partial charge >= 0.3 is 0 Å². The summed E-state index contributed by atoms with van der Waals surface area (Å²) in [5, 5.41) is 5.31. The van der Waals surface area contributed by atoms with Crippen molar-refractivity contribution in [2.24, 2.45) is 5.84 Å². The number of thiophene rings is 2. The number of aryl methyl sites for hydroxylation is 1. The largest absolute Gasteiger partial charge is 0.355 e. The molecule has 20 heavy (non-hydrogen) atoms. The quantitative estimate of drug-likeness (QED) is 0.573. The smallest absolute Gasteiger partial charge is 0.240 e. The fourth-order valence-electron chi connectivity index (χ4n) is 2.11. The van der Waals surface area contributed by atoms with Gasteiger partial charge in [-0.05, 0) is 35.4 Å². The molecule has 0 radical (unpaired) electrons. The molecule has 3 aromatic heterocycles. The molecule has 5 nitrogen and oxygen atoms in total. The van der Waals surface area contributed by atoms with Gasteiger partial charge in [0.2, 0.25) is 5.95 Å². The molecule has 3 rings (SSSR count). The molecule has 0 bridgehead atoms. The summed E-state index contributed by atoms with van der Waals surface area (Å²) in [4.78, 5) is 13.2. The monoisotopic (exact) mass is 305 g/mol. The second-order valence-electron chi connectivity index (χ2n) is 4.58. The van der Waals surface area contributed by atoms with Gasteiger partial charge in [-0.25, -0.2) is 10.8 Å². The van der Waals surface area contributed by atoms with Crippen molar-refractivity contribution < 1.29 is 0 Å². The SMILES string of the molecule is Cc1cc2c(N(C)Cc3ccsc3)nc(NN)nc2s1. The minimum atomic E-state index is 0.450. The van der Waals surface area contributed by atoms with Crippen LogP contribution >= 0.6 is 22.7 Å². The molecule has 0 spiro atoms. The van der Waals surface area contributed by atoms with E-state index in [1.54, 1.807) is 22.7 Å². The maximum Gasteiger partial charge on any atom is 0.240 e. The van der Waals surface area contributed by atoms with Crippen LogP contribution in [0.1, 0.15) is 10.4 Å². The van der Waals surface area contributed by atoms with Gasteiger partial charge in [0.25, 0.3) is 0 Å². The third-order valence-corrected chi connectivity index (χ3v) is 4.66. The van der Waals surface area contributed by atoms with Gasteiger partial charge < -0.3 is 4.90 Å². The number of hydrazine groups is 1. The van der Waals surface area contributed by atoms with Crippen molar-refractivity contribution in [1.29, 1.82) is 0 Å². The molecule has 3 heterocycles. The second kappa shape index (κ2) is 5.35. The van der Waals surface area contributed by atoms with Crippen LogP contribution in [-0.4, -0.2) is 17.0 Å². The van der Waals surface area contributed by atoms with Crippen molar-refractivity contribution in [1.82, 2.24) is 9.97 Å². The molecule has 7 heteroatoms. The Bertz CT molecular complexity index is 720. The summed E-state index contributed by atoms with van der Waals surface area (Å²) in [6.45, 7) is 2.89. The number of rotatable bonds is 4. The Hall–Kier alpha value is -1.70. The maximum atomic E-state index is 5.47. The number of aromatic nitrogens is 2. The molecule has 0 aromatic carbocycles. The number of hydrogen-bond donors (Lipinski definition) is 2. The summed E-state index contributed by atoms with van der Waals surface area (Å²) in [5.74, 6) is 6.82. The van der Waals surface area contributed by atoms with Gasteiger partial charge in [0, 0.05) is 18.5 Å². The number of nitrogens with one attached hydrogen (secondary N) is 1. The van der Waals surface area contributed by atoms with Crippen LogP contribution in [0, 0.1) is 6.92 Å². The summed E-state index contributed by atoms with van der Waals surface area (Å²) in [6.07, 6.45) is 0. The topological polar surface area (TPSA) is 67.1 Å². The molecule has 0 unspecified atom stereocenters. The van der Waals surface area contributed by atoms with E-state index in [0.717, 1.165) is 22.6 Å². The Morgan fingerprint density at radius 2 is 2.25 bits per heavy atom. The summed E-state index contributed by atoms with van der Waals surface area (Å²) in [5.41, 5.74) is 3.82. The molecule has 0 aliphatic heterocycles. The molecule has 3 N–H and O–H groups in total. The highest BCUT2D eigenvalue weighted by Crippen LogP contribution is 2.31. The molecule has 0 fully saturated rings. The Balaban J connectivity index is 2.04. The van der Waals surface area contributed by atoms with E-state index in [2.05, 4.69) is 50.1 Å². The van der Waals surface area contributed by atoms with Crippen LogP contribution in [-0.2, 0) is 6.54 Å². The Morgan fingerprint density at radius 1 is 1.40 bits per heavy atom. The zero-order valence-electron chi connectivity index (χ0n) is 11.3. The molecule has 0 saturated carbocycles. The standard InChI is InChI=1S/C13H15N5S2/c1-8-5-10-11(15-13(17-14)16-12(10)20-8)18(2)6-9-3-4-19-7-9/h3-5,7H,6,14H2,1-2H3,(H,15,16,17). The van der Waals surface area contributed by atoms with Crippen LogP contribution in [0.2, 0.25) is 0 Å². The molecule has 104 valence electrons. The Kier molecular flexibility index (Phi) is 3.56. The highest BCUT2D eigenvalue weighted by atomic mass is 32.1. The van der Waals surface area contributed by atoms with Gasteiger partial charge in [0.15, 0.2) is 0 Å². The molecule has 0 aliphatic carbocycles. The predicted octanol–water partition coefficient (Wildman–Crippen LogP) is 2.98. The zero-order chi connectivity index (χ0) is 14.1. The first-order valence-electron chi connectivity index (χ1n) is 6.14. The van der Waals surface area contributed by atoms with Crippen LogP contribution in [0.5, 0.6) is 0 Å². The third kappa shape index (κ3) is 2.47. The number of nitrogen functional groups attached to an aromatic ring is 1. The van der Waals surface area contributed by atoms with Crippen LogP contribution in [0.15, 0.2) is 22.9 Å². The van der Waals surface area contributed by atoms with E-state index in [1.165, 1.54) is 10.4 Å². The fourth-order valence-corrected chi connectivity index (χ4v) is 3.65. The van der Waals surface area contributed by atoms with Crippen molar-refractivity contribution in [3.8, 4) is 0 Å². The lowest BCUT2D eigenvalue weighted by molar-refractivity contribution is 0.904. The lowest BCUT2D eigenvalue weighted by Gasteiger charge is -2.18. The average Bonchev–Trinajstić information content (AvgIpc) is 3.05. The van der Waals surface area contributed by atoms with E-state index in [-0.39, 0.29) is 0 Å². The lowest BCUT2D eigenvalue weighted by atomic mass is 10.3. The van der Waals surface area contributed by atoms with Crippen LogP contribution in [0.25, 0.3) is 10.2 Å². The summed E-state index contributed by atoms with van der Waals surface area (Å²) in [6, 6.07) is 4.25. The average molecular weight is 305 g/mol. The summed E-state index contributed by atoms with van der Waals surface area (Å²) >= 11 is 3.35. The number of nitrogens with two attached hydrogens (primary N) is 1. The number of nitrogens with zero attached hydrogens (tertiary/aromatic N) is 3. The summed E-state index contributed by atoms with van der Waals surface area (Å²) in [7, 11) is 2.03. The van der Waals surface area contributed by atoms with Crippen molar-refractivity contribution in [3.05, 3.63) is 33.3 Å². The first-order chi connectivity index (χ1) is 9.67. The van der Waals surface area contributed by atoms with Crippen molar-refractivity contribution in [2.45, 2.75) is 13.5 Å². The van der Waals surface area contributed by atoms with Gasteiger partial charge in [-0.1, -0.05) is 0 Å². The normalized spacial score (nSPS) is 10.9. The Labute approximate surface area is 125 Å². The number of anilines is 2. The van der Waals surface area contributed by atoms with E-state index in [9.17, 15) is 0 Å². The van der Waals surface area contributed by atoms with Gasteiger partial charge in [-0.2, -0.15) is 16.3 Å². The zero-order valence-corrected chi connectivity index (χ0v) is 12.9. The highest BCUT2D eigenvalue weighted by Gasteiger charge is 2.14. The van der Waals surface area contributed by atoms with Gasteiger partial charge in [-0.3, -0.25) is 5.43 Å². The minimum absolute atomic E-state index is 0.450. The molecule has 0 aliphatic rings. The number of fused-ring (bicyclic) bond motifs is 1. The van der Waals surface area contributed by atoms with E-state index in [4.69, 9.17) is 5.84 Å². The van der Waals surface area contributed by atoms with Crippen molar-refractivity contribution in [3.63, 3.8) is 0 Å². The Morgan fingerprint density at radius 3 is 2.95 bits per heavy atom. The first kappa shape index (κ1) is 13.3. The van der Waals surface area contributed by atoms with E-state index >= 15 is 0 Å². The molecule has 0 atom stereocenters. The minimum Gasteiger partial charge on any atom is -0.355 e. The van der Waals surface area contributed by atoms with E-state index in [1.807, 2.05) is 7.05 Å². The van der Waals surface area contributed by atoms with Gasteiger partial charge in [0.05, 0.1) is 5.39 Å². The lowest BCUT2D eigenvalue weighted by Crippen LogP contribution is -2.19. The third-order valence-electron chi connectivity index (χ3n) is 2.99. The van der Waals surface area contributed by atoms with Gasteiger partial charge in [-0.15, -0.1) is 11.3 Å².